The molecule has 4 heteroatoms. The molecule has 1 aliphatic heterocycles. The minimum atomic E-state index is -0.862. The van der Waals surface area contributed by atoms with Gasteiger partial charge in [-0.3, -0.25) is 4.79 Å². The lowest BCUT2D eigenvalue weighted by Crippen LogP contribution is -2.15. The molecule has 0 saturated carbocycles. The Labute approximate surface area is 99.0 Å². The topological polar surface area (TPSA) is 46.5 Å². The second-order valence-corrected chi connectivity index (χ2v) is 4.43. The molecule has 1 aromatic carbocycles. The molecule has 0 amide bonds. The standard InChI is InChI=1S/C12H13ClO3/c1-7(12(14)15)10-6-9(13)5-8-3-2-4-16-11(8)10/h5-7H,2-4H2,1H3,(H,14,15). The Kier molecular flexibility index (Phi) is 3.06. The van der Waals surface area contributed by atoms with Gasteiger partial charge in [0, 0.05) is 10.6 Å². The monoisotopic (exact) mass is 240 g/mol. The van der Waals surface area contributed by atoms with Crippen molar-refractivity contribution in [1.82, 2.24) is 0 Å². The van der Waals surface area contributed by atoms with Gasteiger partial charge in [0.2, 0.25) is 0 Å². The molecule has 1 N–H and O–H groups in total. The van der Waals surface area contributed by atoms with Crippen molar-refractivity contribution in [2.24, 2.45) is 0 Å². The van der Waals surface area contributed by atoms with Gasteiger partial charge in [0.25, 0.3) is 0 Å². The van der Waals surface area contributed by atoms with E-state index in [0.29, 0.717) is 22.9 Å². The predicted molar refractivity (Wildman–Crippen MR) is 61.3 cm³/mol. The summed E-state index contributed by atoms with van der Waals surface area (Å²) in [5, 5.41) is 9.61. The molecule has 1 unspecified atom stereocenters. The lowest BCUT2D eigenvalue weighted by Gasteiger charge is -2.22. The van der Waals surface area contributed by atoms with Gasteiger partial charge in [-0.25, -0.2) is 0 Å². The van der Waals surface area contributed by atoms with Crippen LogP contribution in [-0.4, -0.2) is 17.7 Å². The lowest BCUT2D eigenvalue weighted by molar-refractivity contribution is -0.138. The number of hydrogen-bond acceptors (Lipinski definition) is 2. The quantitative estimate of drug-likeness (QED) is 0.865. The van der Waals surface area contributed by atoms with E-state index in [9.17, 15) is 4.79 Å². The average molecular weight is 241 g/mol. The number of aryl methyl sites for hydroxylation is 1. The van der Waals surface area contributed by atoms with Gasteiger partial charge in [-0.05, 0) is 37.5 Å². The normalized spacial score (nSPS) is 16.1. The summed E-state index contributed by atoms with van der Waals surface area (Å²) in [6.07, 6.45) is 1.85. The third kappa shape index (κ3) is 2.00. The van der Waals surface area contributed by atoms with Crippen LogP contribution in [0.3, 0.4) is 0 Å². The van der Waals surface area contributed by atoms with Crippen molar-refractivity contribution >= 4 is 17.6 Å². The minimum absolute atomic E-state index is 0.576. The average Bonchev–Trinajstić information content (AvgIpc) is 2.26. The highest BCUT2D eigenvalue weighted by Crippen LogP contribution is 2.36. The Hall–Kier alpha value is -1.22. The van der Waals surface area contributed by atoms with Gasteiger partial charge in [0.1, 0.15) is 5.75 Å². The van der Waals surface area contributed by atoms with Gasteiger partial charge < -0.3 is 9.84 Å². The van der Waals surface area contributed by atoms with Gasteiger partial charge in [-0.1, -0.05) is 11.6 Å². The van der Waals surface area contributed by atoms with Gasteiger partial charge >= 0.3 is 5.97 Å². The summed E-state index contributed by atoms with van der Waals surface area (Å²) < 4.78 is 5.56. The molecule has 0 spiro atoms. The molecule has 86 valence electrons. The van der Waals surface area contributed by atoms with Crippen LogP contribution in [0.5, 0.6) is 5.75 Å². The summed E-state index contributed by atoms with van der Waals surface area (Å²) in [5.41, 5.74) is 1.69. The molecule has 0 fully saturated rings. The molecule has 0 radical (unpaired) electrons. The molecule has 1 heterocycles. The number of rotatable bonds is 2. The highest BCUT2D eigenvalue weighted by molar-refractivity contribution is 6.30. The van der Waals surface area contributed by atoms with Crippen molar-refractivity contribution in [2.45, 2.75) is 25.7 Å². The van der Waals surface area contributed by atoms with Crippen molar-refractivity contribution in [3.63, 3.8) is 0 Å². The van der Waals surface area contributed by atoms with E-state index in [4.69, 9.17) is 21.4 Å². The Morgan fingerprint density at radius 3 is 3.00 bits per heavy atom. The molecule has 0 saturated heterocycles. The van der Waals surface area contributed by atoms with Crippen molar-refractivity contribution < 1.29 is 14.6 Å². The molecule has 0 aliphatic carbocycles. The third-order valence-corrected chi connectivity index (χ3v) is 3.05. The molecule has 3 nitrogen and oxygen atoms in total. The van der Waals surface area contributed by atoms with E-state index in [2.05, 4.69) is 0 Å². The lowest BCUT2D eigenvalue weighted by atomic mass is 9.95. The number of hydrogen-bond donors (Lipinski definition) is 1. The molecule has 0 aromatic heterocycles. The van der Waals surface area contributed by atoms with Gasteiger partial charge in [-0.2, -0.15) is 0 Å². The van der Waals surface area contributed by atoms with Crippen LogP contribution < -0.4 is 4.74 Å². The Balaban J connectivity index is 2.51. The van der Waals surface area contributed by atoms with E-state index in [1.807, 2.05) is 6.07 Å². The molecule has 16 heavy (non-hydrogen) atoms. The van der Waals surface area contributed by atoms with E-state index in [-0.39, 0.29) is 0 Å². The number of ether oxygens (including phenoxy) is 1. The van der Waals surface area contributed by atoms with Crippen LogP contribution in [0.15, 0.2) is 12.1 Å². The number of benzene rings is 1. The number of carbonyl (C=O) groups is 1. The van der Waals surface area contributed by atoms with Crippen LogP contribution in [0, 0.1) is 0 Å². The first-order chi connectivity index (χ1) is 7.59. The van der Waals surface area contributed by atoms with E-state index >= 15 is 0 Å². The van der Waals surface area contributed by atoms with Crippen molar-refractivity contribution in [2.75, 3.05) is 6.61 Å². The van der Waals surface area contributed by atoms with Gasteiger partial charge in [0.15, 0.2) is 0 Å². The van der Waals surface area contributed by atoms with Crippen molar-refractivity contribution in [1.29, 1.82) is 0 Å². The zero-order valence-electron chi connectivity index (χ0n) is 9.00. The minimum Gasteiger partial charge on any atom is -0.493 e. The zero-order chi connectivity index (χ0) is 11.7. The van der Waals surface area contributed by atoms with E-state index in [0.717, 1.165) is 18.4 Å². The fraction of sp³-hybridized carbons (Fsp3) is 0.417. The Morgan fingerprint density at radius 2 is 2.31 bits per heavy atom. The van der Waals surface area contributed by atoms with Gasteiger partial charge in [0.05, 0.1) is 12.5 Å². The van der Waals surface area contributed by atoms with Crippen LogP contribution in [-0.2, 0) is 11.2 Å². The number of carboxylic acids is 1. The molecule has 0 bridgehead atoms. The second-order valence-electron chi connectivity index (χ2n) is 4.00. The Morgan fingerprint density at radius 1 is 1.56 bits per heavy atom. The maximum absolute atomic E-state index is 11.0. The molecule has 1 aliphatic rings. The van der Waals surface area contributed by atoms with Crippen LogP contribution in [0.25, 0.3) is 0 Å². The van der Waals surface area contributed by atoms with Crippen LogP contribution >= 0.6 is 11.6 Å². The SMILES string of the molecule is CC(C(=O)O)c1cc(Cl)cc2c1OCCC2. The van der Waals surface area contributed by atoms with E-state index in [1.165, 1.54) is 0 Å². The largest absolute Gasteiger partial charge is 0.493 e. The smallest absolute Gasteiger partial charge is 0.310 e. The third-order valence-electron chi connectivity index (χ3n) is 2.83. The fourth-order valence-electron chi connectivity index (χ4n) is 1.93. The van der Waals surface area contributed by atoms with Gasteiger partial charge in [-0.15, -0.1) is 0 Å². The van der Waals surface area contributed by atoms with Crippen LogP contribution in [0.2, 0.25) is 5.02 Å². The maximum Gasteiger partial charge on any atom is 0.310 e. The predicted octanol–water partition coefficient (Wildman–Crippen LogP) is 2.85. The molecular formula is C12H13ClO3. The van der Waals surface area contributed by atoms with Crippen LogP contribution in [0.1, 0.15) is 30.4 Å². The first kappa shape index (κ1) is 11.3. The number of carboxylic acid groups (broad SMARTS) is 1. The first-order valence-corrected chi connectivity index (χ1v) is 5.65. The molecule has 2 rings (SSSR count). The summed E-state index contributed by atoms with van der Waals surface area (Å²) in [6.45, 7) is 2.29. The highest BCUT2D eigenvalue weighted by atomic mass is 35.5. The number of halogens is 1. The fourth-order valence-corrected chi connectivity index (χ4v) is 2.18. The summed E-state index contributed by atoms with van der Waals surface area (Å²) >= 11 is 5.98. The summed E-state index contributed by atoms with van der Waals surface area (Å²) in [5.74, 6) is -0.741. The molecule has 1 atom stereocenters. The molecule has 1 aromatic rings. The first-order valence-electron chi connectivity index (χ1n) is 5.27. The Bertz CT molecular complexity index is 429. The van der Waals surface area contributed by atoms with Crippen LogP contribution in [0.4, 0.5) is 0 Å². The van der Waals surface area contributed by atoms with Crippen molar-refractivity contribution in [3.05, 3.63) is 28.3 Å². The summed E-state index contributed by atoms with van der Waals surface area (Å²) in [6, 6.07) is 3.54. The summed E-state index contributed by atoms with van der Waals surface area (Å²) in [4.78, 5) is 11.0. The zero-order valence-corrected chi connectivity index (χ0v) is 9.75. The second kappa shape index (κ2) is 4.34. The van der Waals surface area contributed by atoms with Crippen molar-refractivity contribution in [3.8, 4) is 5.75 Å². The highest BCUT2D eigenvalue weighted by Gasteiger charge is 2.23. The van der Waals surface area contributed by atoms with E-state index in [1.54, 1.807) is 13.0 Å². The number of fused-ring (bicyclic) bond motifs is 1. The maximum atomic E-state index is 11.0. The molecular weight excluding hydrogens is 228 g/mol. The van der Waals surface area contributed by atoms with E-state index < -0.39 is 11.9 Å². The summed E-state index contributed by atoms with van der Waals surface area (Å²) in [7, 11) is 0. The number of aliphatic carboxylic acids is 1.